The second kappa shape index (κ2) is 6.14. The summed E-state index contributed by atoms with van der Waals surface area (Å²) < 4.78 is 8.19. The number of aryl methyl sites for hydroxylation is 1. The Kier molecular flexibility index (Phi) is 4.06. The summed E-state index contributed by atoms with van der Waals surface area (Å²) in [6, 6.07) is 10.4. The van der Waals surface area contributed by atoms with Gasteiger partial charge in [0, 0.05) is 30.7 Å². The van der Waals surface area contributed by atoms with Crippen LogP contribution in [0.4, 0.5) is 0 Å². The summed E-state index contributed by atoms with van der Waals surface area (Å²) in [5.74, 6) is 2.06. The van der Waals surface area contributed by atoms with Gasteiger partial charge < -0.3 is 14.3 Å². The molecule has 2 aromatic heterocycles. The minimum absolute atomic E-state index is 0.135. The number of likely N-dealkylation sites (N-methyl/N-ethyl adjacent to an activating group) is 1. The summed E-state index contributed by atoms with van der Waals surface area (Å²) in [5, 5.41) is 4.48. The van der Waals surface area contributed by atoms with Gasteiger partial charge >= 0.3 is 0 Å². The molecule has 0 saturated heterocycles. The molecule has 3 aromatic rings. The summed E-state index contributed by atoms with van der Waals surface area (Å²) in [6.07, 6.45) is 5.85. The monoisotopic (exact) mass is 283 g/mol. The number of para-hydroxylation sites is 1. The Labute approximate surface area is 124 Å². The van der Waals surface area contributed by atoms with Crippen LogP contribution in [-0.2, 0) is 13.0 Å². The van der Waals surface area contributed by atoms with Crippen molar-refractivity contribution in [2.45, 2.75) is 32.4 Å². The lowest BCUT2D eigenvalue weighted by Gasteiger charge is -2.14. The topological polar surface area (TPSA) is 43.0 Å². The summed E-state index contributed by atoms with van der Waals surface area (Å²) >= 11 is 0. The molecule has 0 saturated carbocycles. The molecule has 4 heteroatoms. The van der Waals surface area contributed by atoms with Crippen LogP contribution in [-0.4, -0.2) is 16.6 Å². The summed E-state index contributed by atoms with van der Waals surface area (Å²) in [7, 11) is 1.96. The first-order valence-corrected chi connectivity index (χ1v) is 7.47. The van der Waals surface area contributed by atoms with Gasteiger partial charge in [-0.2, -0.15) is 0 Å². The maximum Gasteiger partial charge on any atom is 0.134 e. The number of imidazole rings is 1. The molecule has 0 aliphatic rings. The van der Waals surface area contributed by atoms with Gasteiger partial charge in [0.1, 0.15) is 17.2 Å². The van der Waals surface area contributed by atoms with Crippen LogP contribution in [0.2, 0.25) is 0 Å². The van der Waals surface area contributed by atoms with E-state index in [9.17, 15) is 0 Å². The molecule has 1 N–H and O–H groups in total. The van der Waals surface area contributed by atoms with Gasteiger partial charge in [-0.1, -0.05) is 25.1 Å². The van der Waals surface area contributed by atoms with Crippen LogP contribution >= 0.6 is 0 Å². The smallest absolute Gasteiger partial charge is 0.134 e. The van der Waals surface area contributed by atoms with E-state index in [2.05, 4.69) is 33.9 Å². The van der Waals surface area contributed by atoms with Crippen molar-refractivity contribution >= 4 is 11.0 Å². The SMILES string of the molecule is CCCn1ccnc1CC(NC)c1cc2ccccc2o1. The van der Waals surface area contributed by atoms with Gasteiger partial charge in [-0.05, 0) is 25.6 Å². The Hall–Kier alpha value is -2.07. The Balaban J connectivity index is 1.85. The van der Waals surface area contributed by atoms with Gasteiger partial charge in [-0.15, -0.1) is 0 Å². The van der Waals surface area contributed by atoms with Crippen molar-refractivity contribution in [3.63, 3.8) is 0 Å². The Morgan fingerprint density at radius 2 is 2.19 bits per heavy atom. The highest BCUT2D eigenvalue weighted by molar-refractivity contribution is 5.77. The van der Waals surface area contributed by atoms with Crippen LogP contribution < -0.4 is 5.32 Å². The Bertz CT molecular complexity index is 680. The van der Waals surface area contributed by atoms with Crippen molar-refractivity contribution < 1.29 is 4.42 Å². The molecular weight excluding hydrogens is 262 g/mol. The lowest BCUT2D eigenvalue weighted by Crippen LogP contribution is -2.20. The number of hydrogen-bond donors (Lipinski definition) is 1. The van der Waals surface area contributed by atoms with E-state index < -0.39 is 0 Å². The molecule has 21 heavy (non-hydrogen) atoms. The third kappa shape index (κ3) is 2.85. The van der Waals surface area contributed by atoms with Crippen LogP contribution in [0.25, 0.3) is 11.0 Å². The molecular formula is C17H21N3O. The zero-order valence-corrected chi connectivity index (χ0v) is 12.5. The van der Waals surface area contributed by atoms with E-state index in [1.165, 1.54) is 0 Å². The number of furan rings is 1. The molecule has 0 amide bonds. The minimum Gasteiger partial charge on any atom is -0.459 e. The molecule has 1 aromatic carbocycles. The minimum atomic E-state index is 0.135. The molecule has 0 radical (unpaired) electrons. The number of fused-ring (bicyclic) bond motifs is 1. The van der Waals surface area contributed by atoms with Crippen molar-refractivity contribution in [2.24, 2.45) is 0 Å². The van der Waals surface area contributed by atoms with Crippen LogP contribution in [0.15, 0.2) is 47.1 Å². The fourth-order valence-corrected chi connectivity index (χ4v) is 2.68. The summed E-state index contributed by atoms with van der Waals surface area (Å²) in [4.78, 5) is 4.48. The first kappa shape index (κ1) is 13.9. The molecule has 2 heterocycles. The lowest BCUT2D eigenvalue weighted by atomic mass is 10.1. The van der Waals surface area contributed by atoms with E-state index in [0.717, 1.165) is 41.9 Å². The predicted octanol–water partition coefficient (Wildman–Crippen LogP) is 3.54. The van der Waals surface area contributed by atoms with Crippen LogP contribution in [0.3, 0.4) is 0 Å². The average Bonchev–Trinajstić information content (AvgIpc) is 3.11. The Morgan fingerprint density at radius 3 is 2.95 bits per heavy atom. The average molecular weight is 283 g/mol. The zero-order valence-electron chi connectivity index (χ0n) is 12.5. The predicted molar refractivity (Wildman–Crippen MR) is 84.2 cm³/mol. The first-order chi connectivity index (χ1) is 10.3. The fraction of sp³-hybridized carbons (Fsp3) is 0.353. The van der Waals surface area contributed by atoms with E-state index in [1.54, 1.807) is 0 Å². The molecule has 0 aliphatic heterocycles. The number of nitrogens with one attached hydrogen (secondary N) is 1. The van der Waals surface area contributed by atoms with Crippen molar-refractivity contribution in [1.82, 2.24) is 14.9 Å². The number of aromatic nitrogens is 2. The molecule has 3 rings (SSSR count). The second-order valence-corrected chi connectivity index (χ2v) is 5.27. The molecule has 4 nitrogen and oxygen atoms in total. The van der Waals surface area contributed by atoms with Crippen molar-refractivity contribution in [2.75, 3.05) is 7.05 Å². The van der Waals surface area contributed by atoms with E-state index in [0.29, 0.717) is 0 Å². The van der Waals surface area contributed by atoms with Crippen molar-refractivity contribution in [3.8, 4) is 0 Å². The second-order valence-electron chi connectivity index (χ2n) is 5.27. The molecule has 1 unspecified atom stereocenters. The highest BCUT2D eigenvalue weighted by atomic mass is 16.3. The standard InChI is InChI=1S/C17H21N3O/c1-3-9-20-10-8-19-17(20)12-14(18-2)16-11-13-6-4-5-7-15(13)21-16/h4-8,10-11,14,18H,3,9,12H2,1-2H3. The molecule has 110 valence electrons. The normalized spacial score (nSPS) is 12.9. The fourth-order valence-electron chi connectivity index (χ4n) is 2.68. The number of benzene rings is 1. The van der Waals surface area contributed by atoms with Gasteiger partial charge in [-0.25, -0.2) is 4.98 Å². The summed E-state index contributed by atoms with van der Waals surface area (Å²) in [5.41, 5.74) is 0.935. The van der Waals surface area contributed by atoms with Crippen LogP contribution in [0.5, 0.6) is 0 Å². The Morgan fingerprint density at radius 1 is 1.33 bits per heavy atom. The first-order valence-electron chi connectivity index (χ1n) is 7.47. The largest absolute Gasteiger partial charge is 0.459 e. The van der Waals surface area contributed by atoms with Gasteiger partial charge in [0.25, 0.3) is 0 Å². The van der Waals surface area contributed by atoms with Gasteiger partial charge in [0.05, 0.1) is 6.04 Å². The molecule has 0 bridgehead atoms. The number of nitrogens with zero attached hydrogens (tertiary/aromatic N) is 2. The zero-order chi connectivity index (χ0) is 14.7. The maximum absolute atomic E-state index is 5.97. The van der Waals surface area contributed by atoms with Gasteiger partial charge in [0.15, 0.2) is 0 Å². The molecule has 0 aliphatic carbocycles. The number of rotatable bonds is 6. The van der Waals surface area contributed by atoms with Crippen molar-refractivity contribution in [3.05, 3.63) is 54.3 Å². The number of hydrogen-bond acceptors (Lipinski definition) is 3. The van der Waals surface area contributed by atoms with Crippen LogP contribution in [0, 0.1) is 0 Å². The van der Waals surface area contributed by atoms with E-state index in [1.807, 2.05) is 37.6 Å². The van der Waals surface area contributed by atoms with Gasteiger partial charge in [-0.3, -0.25) is 0 Å². The third-order valence-corrected chi connectivity index (χ3v) is 3.79. The quantitative estimate of drug-likeness (QED) is 0.752. The molecule has 0 spiro atoms. The van der Waals surface area contributed by atoms with E-state index >= 15 is 0 Å². The summed E-state index contributed by atoms with van der Waals surface area (Å²) in [6.45, 7) is 3.19. The van der Waals surface area contributed by atoms with E-state index in [-0.39, 0.29) is 6.04 Å². The van der Waals surface area contributed by atoms with E-state index in [4.69, 9.17) is 4.42 Å². The van der Waals surface area contributed by atoms with Crippen molar-refractivity contribution in [1.29, 1.82) is 0 Å². The third-order valence-electron chi connectivity index (χ3n) is 3.79. The lowest BCUT2D eigenvalue weighted by molar-refractivity contribution is 0.438. The van der Waals surface area contributed by atoms with Gasteiger partial charge in [0.2, 0.25) is 0 Å². The maximum atomic E-state index is 5.97. The molecule has 1 atom stereocenters. The molecule has 0 fully saturated rings. The highest BCUT2D eigenvalue weighted by Crippen LogP contribution is 2.25. The van der Waals surface area contributed by atoms with Crippen LogP contribution in [0.1, 0.15) is 31.0 Å². The highest BCUT2D eigenvalue weighted by Gasteiger charge is 2.17.